The molecule has 146 valence electrons. The van der Waals surface area contributed by atoms with Crippen molar-refractivity contribution in [1.82, 2.24) is 15.0 Å². The Bertz CT molecular complexity index is 943. The summed E-state index contributed by atoms with van der Waals surface area (Å²) in [5, 5.41) is 3.96. The molecule has 7 heteroatoms. The lowest BCUT2D eigenvalue weighted by molar-refractivity contribution is 0.197. The minimum absolute atomic E-state index is 0.0133. The third kappa shape index (κ3) is 4.20. The lowest BCUT2D eigenvalue weighted by atomic mass is 10.2. The fourth-order valence-corrected chi connectivity index (χ4v) is 3.33. The van der Waals surface area contributed by atoms with Gasteiger partial charge in [-0.15, -0.1) is 0 Å². The number of ether oxygens (including phenoxy) is 1. The summed E-state index contributed by atoms with van der Waals surface area (Å²) < 4.78 is 38.3. The fourth-order valence-electron chi connectivity index (χ4n) is 3.33. The Labute approximate surface area is 161 Å². The molecule has 4 rings (SSSR count). The maximum Gasteiger partial charge on any atom is 0.226 e. The van der Waals surface area contributed by atoms with Crippen LogP contribution in [0.5, 0.6) is 5.75 Å². The van der Waals surface area contributed by atoms with Crippen LogP contribution in [0.1, 0.15) is 24.8 Å². The van der Waals surface area contributed by atoms with E-state index in [1.807, 2.05) is 31.2 Å². The number of likely N-dealkylation sites (tertiary alicyclic amines) is 1. The molecule has 0 spiro atoms. The molecule has 3 aromatic rings. The van der Waals surface area contributed by atoms with Gasteiger partial charge in [0.05, 0.1) is 0 Å². The van der Waals surface area contributed by atoms with Gasteiger partial charge in [-0.05, 0) is 48.9 Å². The molecule has 0 amide bonds. The van der Waals surface area contributed by atoms with Gasteiger partial charge in [0, 0.05) is 37.2 Å². The monoisotopic (exact) mass is 385 g/mol. The Morgan fingerprint density at radius 3 is 2.75 bits per heavy atom. The first kappa shape index (κ1) is 18.6. The average molecular weight is 385 g/mol. The number of rotatable bonds is 6. The average Bonchev–Trinajstić information content (AvgIpc) is 3.35. The lowest BCUT2D eigenvalue weighted by Gasteiger charge is -2.17. The highest BCUT2D eigenvalue weighted by Gasteiger charge is 2.25. The zero-order valence-corrected chi connectivity index (χ0v) is 15.6. The van der Waals surface area contributed by atoms with Crippen LogP contribution < -0.4 is 4.74 Å². The van der Waals surface area contributed by atoms with Crippen LogP contribution in [-0.4, -0.2) is 34.2 Å². The van der Waals surface area contributed by atoms with Crippen molar-refractivity contribution >= 4 is 0 Å². The van der Waals surface area contributed by atoms with E-state index >= 15 is 0 Å². The molecule has 1 aromatic heterocycles. The highest BCUT2D eigenvalue weighted by Crippen LogP contribution is 2.24. The molecule has 1 fully saturated rings. The molecule has 28 heavy (non-hydrogen) atoms. The summed E-state index contributed by atoms with van der Waals surface area (Å²) in [5.41, 5.74) is 1.24. The molecule has 2 heterocycles. The molecular weight excluding hydrogens is 364 g/mol. The fraction of sp³-hybridized carbons (Fsp3) is 0.333. The molecule has 0 bridgehead atoms. The summed E-state index contributed by atoms with van der Waals surface area (Å²) >= 11 is 0. The van der Waals surface area contributed by atoms with Crippen LogP contribution in [0.2, 0.25) is 0 Å². The summed E-state index contributed by atoms with van der Waals surface area (Å²) in [6, 6.07) is 11.1. The Balaban J connectivity index is 1.34. The SMILES string of the molecule is CCc1nc(-c2ccc(OC3CCN(Cc4cc(F)ccc4F)C3)cc2)no1. The normalized spacial score (nSPS) is 17.2. The number of aryl methyl sites for hydroxylation is 1. The van der Waals surface area contributed by atoms with Crippen LogP contribution in [0.3, 0.4) is 0 Å². The molecule has 0 N–H and O–H groups in total. The smallest absolute Gasteiger partial charge is 0.226 e. The molecule has 1 aliphatic heterocycles. The van der Waals surface area contributed by atoms with Gasteiger partial charge in [0.25, 0.3) is 0 Å². The Morgan fingerprint density at radius 1 is 1.18 bits per heavy atom. The van der Waals surface area contributed by atoms with E-state index in [1.54, 1.807) is 0 Å². The number of benzene rings is 2. The van der Waals surface area contributed by atoms with Gasteiger partial charge in [0.15, 0.2) is 0 Å². The Hall–Kier alpha value is -2.80. The first-order chi connectivity index (χ1) is 13.6. The molecule has 1 aliphatic rings. The number of hydrogen-bond acceptors (Lipinski definition) is 5. The van der Waals surface area contributed by atoms with E-state index in [-0.39, 0.29) is 11.9 Å². The van der Waals surface area contributed by atoms with Crippen molar-refractivity contribution in [3.63, 3.8) is 0 Å². The maximum absolute atomic E-state index is 13.8. The molecule has 0 aliphatic carbocycles. The van der Waals surface area contributed by atoms with E-state index in [2.05, 4.69) is 15.0 Å². The third-order valence-corrected chi connectivity index (χ3v) is 4.82. The predicted molar refractivity (Wildman–Crippen MR) is 99.8 cm³/mol. The van der Waals surface area contributed by atoms with Gasteiger partial charge in [0.2, 0.25) is 11.7 Å². The molecule has 1 atom stereocenters. The first-order valence-corrected chi connectivity index (χ1v) is 9.36. The van der Waals surface area contributed by atoms with Crippen molar-refractivity contribution in [3.8, 4) is 17.1 Å². The standard InChI is InChI=1S/C21H21F2N3O2/c1-2-20-24-21(25-28-20)14-3-6-17(7-4-14)27-18-9-10-26(13-18)12-15-11-16(22)5-8-19(15)23/h3-8,11,18H,2,9-10,12-13H2,1H3. The second kappa shape index (κ2) is 8.06. The third-order valence-electron chi connectivity index (χ3n) is 4.82. The van der Waals surface area contributed by atoms with Crippen molar-refractivity contribution < 1.29 is 18.0 Å². The summed E-state index contributed by atoms with van der Waals surface area (Å²) in [4.78, 5) is 6.38. The van der Waals surface area contributed by atoms with E-state index in [4.69, 9.17) is 9.26 Å². The Morgan fingerprint density at radius 2 is 2.00 bits per heavy atom. The first-order valence-electron chi connectivity index (χ1n) is 9.36. The van der Waals surface area contributed by atoms with Gasteiger partial charge in [-0.1, -0.05) is 12.1 Å². The molecule has 1 unspecified atom stereocenters. The zero-order valence-electron chi connectivity index (χ0n) is 15.6. The molecule has 2 aromatic carbocycles. The quantitative estimate of drug-likeness (QED) is 0.636. The van der Waals surface area contributed by atoms with Crippen LogP contribution in [-0.2, 0) is 13.0 Å². The number of nitrogens with zero attached hydrogens (tertiary/aromatic N) is 3. The minimum Gasteiger partial charge on any atom is -0.489 e. The van der Waals surface area contributed by atoms with E-state index in [9.17, 15) is 8.78 Å². The van der Waals surface area contributed by atoms with Crippen molar-refractivity contribution in [1.29, 1.82) is 0 Å². The largest absolute Gasteiger partial charge is 0.489 e. The summed E-state index contributed by atoms with van der Waals surface area (Å²) in [6.45, 7) is 3.78. The van der Waals surface area contributed by atoms with Crippen LogP contribution in [0.15, 0.2) is 47.0 Å². The van der Waals surface area contributed by atoms with Crippen LogP contribution in [0, 0.1) is 11.6 Å². The van der Waals surface area contributed by atoms with Crippen molar-refractivity contribution in [3.05, 3.63) is 65.6 Å². The van der Waals surface area contributed by atoms with Crippen LogP contribution in [0.25, 0.3) is 11.4 Å². The van der Waals surface area contributed by atoms with E-state index in [0.717, 1.165) is 30.3 Å². The minimum atomic E-state index is -0.420. The van der Waals surface area contributed by atoms with Gasteiger partial charge >= 0.3 is 0 Å². The number of aromatic nitrogens is 2. The second-order valence-corrected chi connectivity index (χ2v) is 6.89. The lowest BCUT2D eigenvalue weighted by Crippen LogP contribution is -2.25. The number of hydrogen-bond donors (Lipinski definition) is 0. The maximum atomic E-state index is 13.8. The molecular formula is C21H21F2N3O2. The zero-order chi connectivity index (χ0) is 19.5. The van der Waals surface area contributed by atoms with Gasteiger partial charge in [-0.3, -0.25) is 4.90 Å². The van der Waals surface area contributed by atoms with Crippen molar-refractivity contribution in [2.75, 3.05) is 13.1 Å². The summed E-state index contributed by atoms with van der Waals surface area (Å²) in [6.07, 6.45) is 1.55. The second-order valence-electron chi connectivity index (χ2n) is 6.89. The van der Waals surface area contributed by atoms with Gasteiger partial charge in [-0.25, -0.2) is 8.78 Å². The van der Waals surface area contributed by atoms with E-state index < -0.39 is 5.82 Å². The highest BCUT2D eigenvalue weighted by molar-refractivity contribution is 5.55. The highest BCUT2D eigenvalue weighted by atomic mass is 19.1. The van der Waals surface area contributed by atoms with Gasteiger partial charge in [0.1, 0.15) is 23.5 Å². The van der Waals surface area contributed by atoms with E-state index in [0.29, 0.717) is 36.8 Å². The Kier molecular flexibility index (Phi) is 5.34. The van der Waals surface area contributed by atoms with Gasteiger partial charge < -0.3 is 9.26 Å². The predicted octanol–water partition coefficient (Wildman–Crippen LogP) is 4.23. The van der Waals surface area contributed by atoms with E-state index in [1.165, 1.54) is 12.1 Å². The summed E-state index contributed by atoms with van der Waals surface area (Å²) in [5.74, 6) is 1.13. The molecule has 0 saturated carbocycles. The molecule has 1 saturated heterocycles. The summed E-state index contributed by atoms with van der Waals surface area (Å²) in [7, 11) is 0. The topological polar surface area (TPSA) is 51.4 Å². The molecule has 5 nitrogen and oxygen atoms in total. The van der Waals surface area contributed by atoms with Gasteiger partial charge in [-0.2, -0.15) is 4.98 Å². The molecule has 0 radical (unpaired) electrons. The van der Waals surface area contributed by atoms with Crippen LogP contribution >= 0.6 is 0 Å². The number of halogens is 2. The van der Waals surface area contributed by atoms with Crippen molar-refractivity contribution in [2.45, 2.75) is 32.4 Å². The van der Waals surface area contributed by atoms with Crippen LogP contribution in [0.4, 0.5) is 8.78 Å². The van der Waals surface area contributed by atoms with Crippen molar-refractivity contribution in [2.24, 2.45) is 0 Å².